The molecule has 0 aliphatic carbocycles. The zero-order valence-electron chi connectivity index (χ0n) is 10.0. The molecule has 0 spiro atoms. The fourth-order valence-corrected chi connectivity index (χ4v) is 1.27. The number of nitrogens with zero attached hydrogens (tertiary/aromatic N) is 2. The molecule has 20 heavy (non-hydrogen) atoms. The molecule has 0 saturated carbocycles. The van der Waals surface area contributed by atoms with Crippen LogP contribution in [0.1, 0.15) is 10.4 Å². The van der Waals surface area contributed by atoms with Crippen LogP contribution in [-0.2, 0) is 10.1 Å². The number of hydrogen-bond donors (Lipinski definition) is 2. The van der Waals surface area contributed by atoms with Gasteiger partial charge in [0.05, 0.1) is 17.8 Å². The lowest BCUT2D eigenvalue weighted by atomic mass is 10.2. The number of pyridine rings is 2. The van der Waals surface area contributed by atoms with Gasteiger partial charge < -0.3 is 5.11 Å². The van der Waals surface area contributed by atoms with Crippen molar-refractivity contribution >= 4 is 27.1 Å². The SMILES string of the molecule is CS(=O)(=O)O.O=C(O)c1cn(F)c2ncccc2c1=O. The van der Waals surface area contributed by atoms with Crippen molar-refractivity contribution in [1.82, 2.24) is 9.77 Å². The minimum atomic E-state index is -3.67. The standard InChI is InChI=1S/C9H5FN2O3.CH4O3S/c10-12-4-6(9(14)15)7(13)5-2-1-3-11-8(5)12;1-5(2,3)4/h1-4H,(H,14,15);1H3,(H,2,3,4). The number of rotatable bonds is 1. The van der Waals surface area contributed by atoms with Crippen molar-refractivity contribution in [2.24, 2.45) is 0 Å². The smallest absolute Gasteiger partial charge is 0.341 e. The van der Waals surface area contributed by atoms with Gasteiger partial charge in [0.1, 0.15) is 5.56 Å². The summed E-state index contributed by atoms with van der Waals surface area (Å²) in [6.07, 6.45) is 2.64. The molecule has 0 aliphatic heterocycles. The monoisotopic (exact) mass is 304 g/mol. The maximum Gasteiger partial charge on any atom is 0.341 e. The van der Waals surface area contributed by atoms with E-state index in [1.807, 2.05) is 0 Å². The Balaban J connectivity index is 0.000000347. The van der Waals surface area contributed by atoms with E-state index in [4.69, 9.17) is 9.66 Å². The Bertz CT molecular complexity index is 806. The lowest BCUT2D eigenvalue weighted by Crippen LogP contribution is -2.17. The van der Waals surface area contributed by atoms with Gasteiger partial charge >= 0.3 is 5.97 Å². The fourth-order valence-electron chi connectivity index (χ4n) is 1.27. The largest absolute Gasteiger partial charge is 0.477 e. The highest BCUT2D eigenvalue weighted by molar-refractivity contribution is 7.85. The van der Waals surface area contributed by atoms with Crippen LogP contribution in [0.5, 0.6) is 0 Å². The van der Waals surface area contributed by atoms with Crippen LogP contribution in [-0.4, -0.2) is 40.1 Å². The predicted octanol–water partition coefficient (Wildman–Crippen LogP) is 0.331. The van der Waals surface area contributed by atoms with E-state index in [1.54, 1.807) is 0 Å². The van der Waals surface area contributed by atoms with E-state index >= 15 is 0 Å². The van der Waals surface area contributed by atoms with Gasteiger partial charge in [-0.15, -0.1) is 0 Å². The van der Waals surface area contributed by atoms with Crippen molar-refractivity contribution in [3.63, 3.8) is 0 Å². The van der Waals surface area contributed by atoms with Crippen LogP contribution in [0.25, 0.3) is 11.0 Å². The van der Waals surface area contributed by atoms with Gasteiger partial charge in [-0.3, -0.25) is 9.35 Å². The van der Waals surface area contributed by atoms with Crippen LogP contribution in [0.15, 0.2) is 29.3 Å². The highest BCUT2D eigenvalue weighted by Crippen LogP contribution is 2.08. The Morgan fingerprint density at radius 3 is 2.50 bits per heavy atom. The molecule has 2 aromatic heterocycles. The quantitative estimate of drug-likeness (QED) is 0.727. The summed E-state index contributed by atoms with van der Waals surface area (Å²) in [6, 6.07) is 2.77. The first-order chi connectivity index (χ1) is 9.11. The van der Waals surface area contributed by atoms with Gasteiger partial charge in [-0.25, -0.2) is 9.78 Å². The summed E-state index contributed by atoms with van der Waals surface area (Å²) in [4.78, 5) is 25.8. The lowest BCUT2D eigenvalue weighted by molar-refractivity contribution is 0.0693. The number of aromatic nitrogens is 2. The molecule has 0 aromatic carbocycles. The van der Waals surface area contributed by atoms with Crippen LogP contribution < -0.4 is 5.43 Å². The Labute approximate surface area is 111 Å². The summed E-state index contributed by atoms with van der Waals surface area (Å²) in [5.41, 5.74) is -1.54. The zero-order chi connectivity index (χ0) is 15.5. The van der Waals surface area contributed by atoms with Crippen LogP contribution in [0.4, 0.5) is 4.48 Å². The van der Waals surface area contributed by atoms with Gasteiger partial charge in [-0.05, 0) is 12.1 Å². The molecule has 10 heteroatoms. The van der Waals surface area contributed by atoms with E-state index < -0.39 is 27.1 Å². The number of carboxylic acid groups (broad SMARTS) is 1. The van der Waals surface area contributed by atoms with Crippen molar-refractivity contribution < 1.29 is 27.4 Å². The van der Waals surface area contributed by atoms with E-state index in [-0.39, 0.29) is 15.8 Å². The number of carboxylic acids is 1. The van der Waals surface area contributed by atoms with Gasteiger partial charge in [0.15, 0.2) is 5.65 Å². The zero-order valence-corrected chi connectivity index (χ0v) is 10.8. The second-order valence-electron chi connectivity index (χ2n) is 3.60. The number of fused-ring (bicyclic) bond motifs is 1. The first kappa shape index (κ1) is 15.7. The summed E-state index contributed by atoms with van der Waals surface area (Å²) in [5.74, 6) is -1.46. The molecule has 0 atom stereocenters. The highest BCUT2D eigenvalue weighted by atomic mass is 32.2. The van der Waals surface area contributed by atoms with Gasteiger partial charge in [0, 0.05) is 6.20 Å². The minimum Gasteiger partial charge on any atom is -0.477 e. The topological polar surface area (TPSA) is 127 Å². The molecule has 8 nitrogen and oxygen atoms in total. The molecule has 0 aliphatic rings. The lowest BCUT2D eigenvalue weighted by Gasteiger charge is -2.01. The molecule has 2 aromatic rings. The van der Waals surface area contributed by atoms with E-state index in [9.17, 15) is 22.5 Å². The van der Waals surface area contributed by atoms with E-state index in [1.165, 1.54) is 18.3 Å². The Morgan fingerprint density at radius 2 is 2.00 bits per heavy atom. The summed E-state index contributed by atoms with van der Waals surface area (Å²) in [6.45, 7) is 0. The molecule has 108 valence electrons. The van der Waals surface area contributed by atoms with Gasteiger partial charge in [-0.2, -0.15) is 13.2 Å². The van der Waals surface area contributed by atoms with Crippen molar-refractivity contribution in [2.45, 2.75) is 0 Å². The summed E-state index contributed by atoms with van der Waals surface area (Å²) >= 11 is 0. The average molecular weight is 304 g/mol. The minimum absolute atomic E-state index is 0.0280. The van der Waals surface area contributed by atoms with Gasteiger partial charge in [0.25, 0.3) is 10.1 Å². The third kappa shape index (κ3) is 4.10. The molecule has 0 radical (unpaired) electrons. The molecule has 2 heterocycles. The fraction of sp³-hybridized carbons (Fsp3) is 0.100. The number of aromatic carboxylic acids is 1. The Morgan fingerprint density at radius 1 is 1.45 bits per heavy atom. The van der Waals surface area contributed by atoms with E-state index in [0.29, 0.717) is 12.5 Å². The third-order valence-electron chi connectivity index (χ3n) is 1.95. The third-order valence-corrected chi connectivity index (χ3v) is 1.95. The molecule has 0 amide bonds. The Hall–Kier alpha value is -2.33. The van der Waals surface area contributed by atoms with Crippen LogP contribution >= 0.6 is 0 Å². The average Bonchev–Trinajstić information content (AvgIpc) is 2.31. The summed E-state index contributed by atoms with van der Waals surface area (Å²) in [7, 11) is -3.67. The van der Waals surface area contributed by atoms with E-state index in [0.717, 1.165) is 0 Å². The van der Waals surface area contributed by atoms with Crippen LogP contribution in [0.3, 0.4) is 0 Å². The second-order valence-corrected chi connectivity index (χ2v) is 5.06. The summed E-state index contributed by atoms with van der Waals surface area (Å²) < 4.78 is 39.1. The van der Waals surface area contributed by atoms with Crippen molar-refractivity contribution in [1.29, 1.82) is 0 Å². The predicted molar refractivity (Wildman–Crippen MR) is 66.9 cm³/mol. The first-order valence-electron chi connectivity index (χ1n) is 4.93. The first-order valence-corrected chi connectivity index (χ1v) is 6.78. The molecular weight excluding hydrogens is 295 g/mol. The Kier molecular flexibility index (Phi) is 4.53. The highest BCUT2D eigenvalue weighted by Gasteiger charge is 2.14. The number of hydrogen-bond acceptors (Lipinski definition) is 5. The maximum atomic E-state index is 13.2. The van der Waals surface area contributed by atoms with Crippen molar-refractivity contribution in [3.05, 3.63) is 40.3 Å². The second kappa shape index (κ2) is 5.75. The molecule has 0 bridgehead atoms. The number of halogens is 1. The molecule has 0 unspecified atom stereocenters. The van der Waals surface area contributed by atoms with Crippen LogP contribution in [0.2, 0.25) is 0 Å². The molecular formula is C10H9FN2O6S. The molecule has 2 rings (SSSR count). The van der Waals surface area contributed by atoms with Gasteiger partial charge in [-0.1, -0.05) is 4.48 Å². The number of carbonyl (C=O) groups is 1. The van der Waals surface area contributed by atoms with Crippen molar-refractivity contribution in [2.75, 3.05) is 6.26 Å². The molecule has 0 fully saturated rings. The summed E-state index contributed by atoms with van der Waals surface area (Å²) in [5, 5.41) is 8.59. The molecule has 0 saturated heterocycles. The maximum absolute atomic E-state index is 13.2. The van der Waals surface area contributed by atoms with Crippen LogP contribution in [0, 0.1) is 0 Å². The van der Waals surface area contributed by atoms with Gasteiger partial charge in [0.2, 0.25) is 5.43 Å². The van der Waals surface area contributed by atoms with Crippen molar-refractivity contribution in [3.8, 4) is 0 Å². The normalized spacial score (nSPS) is 10.8. The molecule has 2 N–H and O–H groups in total. The van der Waals surface area contributed by atoms with E-state index in [2.05, 4.69) is 4.98 Å².